The number of hydrogen-bond donors (Lipinski definition) is 1. The first-order valence-corrected chi connectivity index (χ1v) is 6.54. The van der Waals surface area contributed by atoms with Crippen LogP contribution in [0.5, 0.6) is 11.5 Å². The van der Waals surface area contributed by atoms with Gasteiger partial charge in [0.1, 0.15) is 17.6 Å². The number of benzene rings is 1. The van der Waals surface area contributed by atoms with E-state index in [1.807, 2.05) is 26.1 Å². The summed E-state index contributed by atoms with van der Waals surface area (Å²) in [5.41, 5.74) is 2.27. The van der Waals surface area contributed by atoms with E-state index in [2.05, 4.69) is 5.10 Å². The van der Waals surface area contributed by atoms with E-state index in [4.69, 9.17) is 9.47 Å². The van der Waals surface area contributed by atoms with Crippen LogP contribution in [0.25, 0.3) is 0 Å². The van der Waals surface area contributed by atoms with Crippen LogP contribution in [0, 0.1) is 0 Å². The average Bonchev–Trinajstić information content (AvgIpc) is 2.86. The van der Waals surface area contributed by atoms with E-state index in [0.717, 1.165) is 12.1 Å². The van der Waals surface area contributed by atoms with Gasteiger partial charge in [0.25, 0.3) is 0 Å². The third kappa shape index (κ3) is 2.49. The fraction of sp³-hybridized carbons (Fsp3) is 0.400. The van der Waals surface area contributed by atoms with Gasteiger partial charge in [-0.15, -0.1) is 0 Å². The van der Waals surface area contributed by atoms with Crippen molar-refractivity contribution in [3.8, 4) is 11.5 Å². The van der Waals surface area contributed by atoms with Crippen LogP contribution in [0.4, 0.5) is 0 Å². The van der Waals surface area contributed by atoms with Crippen LogP contribution in [-0.2, 0) is 13.5 Å². The fourth-order valence-electron chi connectivity index (χ4n) is 2.27. The van der Waals surface area contributed by atoms with Crippen LogP contribution in [0.3, 0.4) is 0 Å². The number of nitrogens with zero attached hydrogens (tertiary/aromatic N) is 2. The zero-order chi connectivity index (χ0) is 14.7. The minimum Gasteiger partial charge on any atom is -0.496 e. The molecule has 20 heavy (non-hydrogen) atoms. The molecule has 1 unspecified atom stereocenters. The van der Waals surface area contributed by atoms with E-state index < -0.39 is 6.10 Å². The highest BCUT2D eigenvalue weighted by Gasteiger charge is 2.23. The number of hydrogen-bond acceptors (Lipinski definition) is 4. The number of rotatable bonds is 5. The average molecular weight is 276 g/mol. The molecule has 0 amide bonds. The smallest absolute Gasteiger partial charge is 0.128 e. The Hall–Kier alpha value is -2.01. The van der Waals surface area contributed by atoms with Crippen molar-refractivity contribution in [3.05, 3.63) is 41.2 Å². The Morgan fingerprint density at radius 2 is 1.85 bits per heavy atom. The van der Waals surface area contributed by atoms with Gasteiger partial charge >= 0.3 is 0 Å². The lowest BCUT2D eigenvalue weighted by Crippen LogP contribution is -2.09. The molecule has 0 saturated heterocycles. The highest BCUT2D eigenvalue weighted by atomic mass is 16.5. The minimum absolute atomic E-state index is 0.594. The fourth-order valence-corrected chi connectivity index (χ4v) is 2.27. The summed E-state index contributed by atoms with van der Waals surface area (Å²) in [7, 11) is 4.97. The van der Waals surface area contributed by atoms with Crippen molar-refractivity contribution in [3.63, 3.8) is 0 Å². The van der Waals surface area contributed by atoms with E-state index in [0.29, 0.717) is 22.8 Å². The van der Waals surface area contributed by atoms with E-state index in [9.17, 15) is 5.11 Å². The summed E-state index contributed by atoms with van der Waals surface area (Å²) in [5.74, 6) is 1.19. The van der Waals surface area contributed by atoms with Crippen molar-refractivity contribution >= 4 is 0 Å². The summed E-state index contributed by atoms with van der Waals surface area (Å²) >= 11 is 0. The van der Waals surface area contributed by atoms with Crippen LogP contribution in [0.1, 0.15) is 30.0 Å². The van der Waals surface area contributed by atoms with Gasteiger partial charge in [0.05, 0.1) is 31.2 Å². The standard InChI is InChI=1S/C15H20N2O3/c1-5-10-9-11(17(2)16-10)15(18)14-12(19-3)7-6-8-13(14)20-4/h6-9,15,18H,5H2,1-4H3. The molecule has 0 fully saturated rings. The van der Waals surface area contributed by atoms with Crippen LogP contribution in [0.2, 0.25) is 0 Å². The summed E-state index contributed by atoms with van der Waals surface area (Å²) in [4.78, 5) is 0. The SMILES string of the molecule is CCc1cc(C(O)c2c(OC)cccc2OC)n(C)n1. The van der Waals surface area contributed by atoms with Crippen molar-refractivity contribution in [2.24, 2.45) is 7.05 Å². The summed E-state index contributed by atoms with van der Waals surface area (Å²) in [6, 6.07) is 7.33. The maximum Gasteiger partial charge on any atom is 0.128 e. The van der Waals surface area contributed by atoms with Crippen molar-refractivity contribution < 1.29 is 14.6 Å². The van der Waals surface area contributed by atoms with Crippen molar-refractivity contribution in [2.75, 3.05) is 14.2 Å². The second kappa shape index (κ2) is 5.96. The van der Waals surface area contributed by atoms with Gasteiger partial charge in [0.2, 0.25) is 0 Å². The Morgan fingerprint density at radius 1 is 1.25 bits per heavy atom. The molecule has 1 aromatic heterocycles. The molecule has 0 saturated carbocycles. The van der Waals surface area contributed by atoms with Gasteiger partial charge in [-0.3, -0.25) is 4.68 Å². The summed E-state index contributed by atoms with van der Waals surface area (Å²) in [6.45, 7) is 2.03. The molecular weight excluding hydrogens is 256 g/mol. The first kappa shape index (κ1) is 14.4. The van der Waals surface area contributed by atoms with Gasteiger partial charge in [0, 0.05) is 7.05 Å². The number of methoxy groups -OCH3 is 2. The van der Waals surface area contributed by atoms with Crippen molar-refractivity contribution in [1.82, 2.24) is 9.78 Å². The van der Waals surface area contributed by atoms with Gasteiger partial charge in [-0.05, 0) is 24.6 Å². The Kier molecular flexibility index (Phi) is 4.29. The molecule has 5 nitrogen and oxygen atoms in total. The molecule has 2 aromatic rings. The number of aliphatic hydroxyl groups is 1. The van der Waals surface area contributed by atoms with Gasteiger partial charge in [-0.1, -0.05) is 13.0 Å². The second-order valence-corrected chi connectivity index (χ2v) is 4.52. The molecule has 2 rings (SSSR count). The van der Waals surface area contributed by atoms with E-state index in [-0.39, 0.29) is 0 Å². The molecule has 0 bridgehead atoms. The molecule has 0 aliphatic heterocycles. The molecule has 1 aromatic carbocycles. The first-order chi connectivity index (χ1) is 9.62. The van der Waals surface area contributed by atoms with Crippen LogP contribution >= 0.6 is 0 Å². The van der Waals surface area contributed by atoms with E-state index in [1.54, 1.807) is 31.0 Å². The number of ether oxygens (including phenoxy) is 2. The highest BCUT2D eigenvalue weighted by molar-refractivity contribution is 5.48. The van der Waals surface area contributed by atoms with Gasteiger partial charge in [0.15, 0.2) is 0 Å². The Bertz CT molecular complexity index is 571. The lowest BCUT2D eigenvalue weighted by atomic mass is 10.0. The number of aryl methyl sites for hydroxylation is 2. The zero-order valence-corrected chi connectivity index (χ0v) is 12.3. The molecule has 0 spiro atoms. The van der Waals surface area contributed by atoms with Crippen LogP contribution in [-0.4, -0.2) is 29.1 Å². The van der Waals surface area contributed by atoms with E-state index >= 15 is 0 Å². The molecule has 1 N–H and O–H groups in total. The predicted molar refractivity (Wildman–Crippen MR) is 76.2 cm³/mol. The third-order valence-corrected chi connectivity index (χ3v) is 3.35. The largest absolute Gasteiger partial charge is 0.496 e. The molecule has 5 heteroatoms. The quantitative estimate of drug-likeness (QED) is 0.908. The maximum absolute atomic E-state index is 10.7. The minimum atomic E-state index is -0.848. The normalized spacial score (nSPS) is 12.2. The number of aromatic nitrogens is 2. The second-order valence-electron chi connectivity index (χ2n) is 4.52. The Labute approximate surface area is 118 Å². The van der Waals surface area contributed by atoms with Crippen LogP contribution < -0.4 is 9.47 Å². The van der Waals surface area contributed by atoms with Gasteiger partial charge in [-0.25, -0.2) is 0 Å². The van der Waals surface area contributed by atoms with Crippen LogP contribution in [0.15, 0.2) is 24.3 Å². The number of aliphatic hydroxyl groups excluding tert-OH is 1. The predicted octanol–water partition coefficient (Wildman–Crippen LogP) is 2.08. The van der Waals surface area contributed by atoms with Gasteiger partial charge in [-0.2, -0.15) is 5.10 Å². The molecule has 0 aliphatic rings. The first-order valence-electron chi connectivity index (χ1n) is 6.54. The molecular formula is C15H20N2O3. The summed E-state index contributed by atoms with van der Waals surface area (Å²) in [6.07, 6.45) is -0.0252. The molecule has 0 radical (unpaired) electrons. The summed E-state index contributed by atoms with van der Waals surface area (Å²) < 4.78 is 12.4. The topological polar surface area (TPSA) is 56.5 Å². The monoisotopic (exact) mass is 276 g/mol. The summed E-state index contributed by atoms with van der Waals surface area (Å²) in [5, 5.41) is 15.0. The Morgan fingerprint density at radius 3 is 2.30 bits per heavy atom. The third-order valence-electron chi connectivity index (χ3n) is 3.35. The Balaban J connectivity index is 2.51. The highest BCUT2D eigenvalue weighted by Crippen LogP contribution is 2.37. The lowest BCUT2D eigenvalue weighted by Gasteiger charge is -2.18. The molecule has 1 atom stereocenters. The molecule has 108 valence electrons. The molecule has 0 aliphatic carbocycles. The van der Waals surface area contributed by atoms with E-state index in [1.165, 1.54) is 0 Å². The lowest BCUT2D eigenvalue weighted by molar-refractivity contribution is 0.199. The van der Waals surface area contributed by atoms with Crippen molar-refractivity contribution in [2.45, 2.75) is 19.4 Å². The van der Waals surface area contributed by atoms with Crippen molar-refractivity contribution in [1.29, 1.82) is 0 Å². The zero-order valence-electron chi connectivity index (χ0n) is 12.3. The van der Waals surface area contributed by atoms with Gasteiger partial charge < -0.3 is 14.6 Å². The molecule has 1 heterocycles. The maximum atomic E-state index is 10.7.